The summed E-state index contributed by atoms with van der Waals surface area (Å²) in [6.45, 7) is 5.03. The maximum absolute atomic E-state index is 11.5. The molecule has 0 aromatic carbocycles. The van der Waals surface area contributed by atoms with Crippen LogP contribution in [0.2, 0.25) is 0 Å². The van der Waals surface area contributed by atoms with Gasteiger partial charge in [-0.2, -0.15) is 0 Å². The predicted molar refractivity (Wildman–Crippen MR) is 118 cm³/mol. The number of pyridine rings is 2. The number of carbonyl (C=O) groups is 2. The van der Waals surface area contributed by atoms with Crippen LogP contribution >= 0.6 is 31.9 Å². The Hall–Kier alpha value is -2.44. The molecule has 0 saturated carbocycles. The lowest BCUT2D eigenvalue weighted by Gasteiger charge is -2.19. The number of nitrogens with zero attached hydrogens (tertiary/aromatic N) is 2. The summed E-state index contributed by atoms with van der Waals surface area (Å²) in [6, 6.07) is 7.11. The van der Waals surface area contributed by atoms with E-state index in [0.29, 0.717) is 11.6 Å². The lowest BCUT2D eigenvalue weighted by atomic mass is 10.2. The number of hydrazine groups is 2. The summed E-state index contributed by atoms with van der Waals surface area (Å²) in [6.07, 6.45) is 2.62. The van der Waals surface area contributed by atoms with Gasteiger partial charge in [-0.15, -0.1) is 0 Å². The number of hydrogen-bond acceptors (Lipinski definition) is 8. The molecule has 29 heavy (non-hydrogen) atoms. The van der Waals surface area contributed by atoms with Crippen molar-refractivity contribution in [3.63, 3.8) is 0 Å². The van der Waals surface area contributed by atoms with Crippen LogP contribution < -0.4 is 27.4 Å². The molecule has 6 N–H and O–H groups in total. The number of alkyl carbamates (subject to hydrolysis) is 1. The number of ether oxygens (including phenoxy) is 1. The van der Waals surface area contributed by atoms with Gasteiger partial charge >= 0.3 is 6.09 Å². The van der Waals surface area contributed by atoms with Gasteiger partial charge < -0.3 is 15.5 Å². The lowest BCUT2D eigenvalue weighted by molar-refractivity contribution is -0.119. The van der Waals surface area contributed by atoms with E-state index in [1.165, 1.54) is 0 Å². The van der Waals surface area contributed by atoms with Crippen LogP contribution in [0.1, 0.15) is 20.8 Å². The Morgan fingerprint density at radius 3 is 2.03 bits per heavy atom. The third-order valence-corrected chi connectivity index (χ3v) is 3.66. The Labute approximate surface area is 185 Å². The number of hydrogen-bond donors (Lipinski definition) is 5. The third-order valence-electron chi connectivity index (χ3n) is 2.72. The molecular formula is C17H23Br2N7O3. The zero-order chi connectivity index (χ0) is 21.9. The second-order valence-corrected chi connectivity index (χ2v) is 8.23. The lowest BCUT2D eigenvalue weighted by Crippen LogP contribution is -2.41. The van der Waals surface area contributed by atoms with Gasteiger partial charge in [0.05, 0.1) is 0 Å². The zero-order valence-corrected chi connectivity index (χ0v) is 19.3. The van der Waals surface area contributed by atoms with E-state index in [1.807, 2.05) is 6.07 Å². The van der Waals surface area contributed by atoms with Crippen LogP contribution in [-0.2, 0) is 9.53 Å². The van der Waals surface area contributed by atoms with Gasteiger partial charge in [0.2, 0.25) is 0 Å². The Balaban J connectivity index is 0.000000387. The first-order valence-electron chi connectivity index (χ1n) is 8.30. The smallest absolute Gasteiger partial charge is 0.408 e. The van der Waals surface area contributed by atoms with Crippen LogP contribution in [0.15, 0.2) is 45.6 Å². The number of aromatic nitrogens is 2. The van der Waals surface area contributed by atoms with Crippen LogP contribution in [0.4, 0.5) is 16.4 Å². The largest absolute Gasteiger partial charge is 0.444 e. The summed E-state index contributed by atoms with van der Waals surface area (Å²) in [5.41, 5.74) is 6.84. The highest BCUT2D eigenvalue weighted by Crippen LogP contribution is 2.10. The third kappa shape index (κ3) is 11.9. The number of halogens is 2. The summed E-state index contributed by atoms with van der Waals surface area (Å²) in [5.74, 6) is 5.81. The SMILES string of the molecule is CC(C)(C)OC(=O)NCC(=O)NNc1ccc(Br)cn1.NNc1ccc(Br)cn1. The van der Waals surface area contributed by atoms with E-state index in [0.717, 1.165) is 8.95 Å². The molecule has 2 aromatic heterocycles. The van der Waals surface area contributed by atoms with Gasteiger partial charge in [0.1, 0.15) is 23.8 Å². The van der Waals surface area contributed by atoms with Gasteiger partial charge in [-0.05, 0) is 76.9 Å². The molecular weight excluding hydrogens is 510 g/mol. The van der Waals surface area contributed by atoms with Crippen molar-refractivity contribution in [3.05, 3.63) is 45.6 Å². The van der Waals surface area contributed by atoms with Crippen molar-refractivity contribution in [2.75, 3.05) is 17.4 Å². The van der Waals surface area contributed by atoms with E-state index in [2.05, 4.69) is 63.4 Å². The van der Waals surface area contributed by atoms with Gasteiger partial charge in [-0.1, -0.05) is 0 Å². The fourth-order valence-electron chi connectivity index (χ4n) is 1.56. The summed E-state index contributed by atoms with van der Waals surface area (Å²) < 4.78 is 6.78. The van der Waals surface area contributed by atoms with Crippen molar-refractivity contribution in [1.29, 1.82) is 0 Å². The quantitative estimate of drug-likeness (QED) is 0.292. The van der Waals surface area contributed by atoms with Gasteiger partial charge in [0.15, 0.2) is 0 Å². The van der Waals surface area contributed by atoms with E-state index in [-0.39, 0.29) is 6.54 Å². The standard InChI is InChI=1S/C12H17BrN4O3.C5H6BrN3/c1-12(2,3)20-11(19)15-7-10(18)17-16-9-5-4-8(13)6-14-9;6-4-1-2-5(9-7)8-3-4/h4-6H,7H2,1-3H3,(H,14,16)(H,15,19)(H,17,18);1-3H,7H2,(H,8,9). The number of anilines is 2. The molecule has 2 heterocycles. The molecule has 0 fully saturated rings. The highest BCUT2D eigenvalue weighted by molar-refractivity contribution is 9.10. The minimum absolute atomic E-state index is 0.196. The van der Waals surface area contributed by atoms with Crippen LogP contribution in [0.25, 0.3) is 0 Å². The molecule has 2 aromatic rings. The Bertz CT molecular complexity index is 781. The molecule has 0 spiro atoms. The monoisotopic (exact) mass is 531 g/mol. The first kappa shape index (κ1) is 24.6. The molecule has 158 valence electrons. The molecule has 0 saturated heterocycles. The summed E-state index contributed by atoms with van der Waals surface area (Å²) in [4.78, 5) is 30.7. The maximum atomic E-state index is 11.5. The second-order valence-electron chi connectivity index (χ2n) is 6.40. The molecule has 2 amide bonds. The van der Waals surface area contributed by atoms with E-state index < -0.39 is 17.6 Å². The summed E-state index contributed by atoms with van der Waals surface area (Å²) in [5, 5.41) is 2.34. The first-order chi connectivity index (χ1) is 13.6. The highest BCUT2D eigenvalue weighted by atomic mass is 79.9. The number of nitrogens with one attached hydrogen (secondary N) is 4. The number of rotatable bonds is 5. The van der Waals surface area contributed by atoms with Crippen LogP contribution in [0.3, 0.4) is 0 Å². The minimum Gasteiger partial charge on any atom is -0.444 e. The van der Waals surface area contributed by atoms with Gasteiger partial charge in [0, 0.05) is 21.3 Å². The van der Waals surface area contributed by atoms with Gasteiger partial charge in [-0.3, -0.25) is 15.6 Å². The van der Waals surface area contributed by atoms with Crippen molar-refractivity contribution in [1.82, 2.24) is 20.7 Å². The van der Waals surface area contributed by atoms with E-state index in [9.17, 15) is 9.59 Å². The second kappa shape index (κ2) is 12.2. The molecule has 10 nitrogen and oxygen atoms in total. The summed E-state index contributed by atoms with van der Waals surface area (Å²) >= 11 is 6.49. The minimum atomic E-state index is -0.644. The van der Waals surface area contributed by atoms with Gasteiger partial charge in [0.25, 0.3) is 5.91 Å². The molecule has 0 radical (unpaired) electrons. The van der Waals surface area contributed by atoms with E-state index in [4.69, 9.17) is 10.6 Å². The molecule has 0 unspecified atom stereocenters. The Kier molecular flexibility index (Phi) is 10.3. The van der Waals surface area contributed by atoms with Gasteiger partial charge in [-0.25, -0.2) is 20.6 Å². The fraction of sp³-hybridized carbons (Fsp3) is 0.294. The molecule has 2 rings (SSSR count). The Morgan fingerprint density at radius 1 is 1.03 bits per heavy atom. The average Bonchev–Trinajstić information content (AvgIpc) is 2.66. The van der Waals surface area contributed by atoms with Crippen molar-refractivity contribution in [2.24, 2.45) is 5.84 Å². The maximum Gasteiger partial charge on any atom is 0.408 e. The molecule has 12 heteroatoms. The molecule has 0 atom stereocenters. The molecule has 0 aliphatic carbocycles. The average molecular weight is 533 g/mol. The Morgan fingerprint density at radius 2 is 1.59 bits per heavy atom. The predicted octanol–water partition coefficient (Wildman–Crippen LogP) is 2.94. The molecule has 0 aliphatic rings. The molecule has 0 bridgehead atoms. The number of amides is 2. The fourth-order valence-corrected chi connectivity index (χ4v) is 2.02. The van der Waals surface area contributed by atoms with Crippen molar-refractivity contribution in [3.8, 4) is 0 Å². The van der Waals surface area contributed by atoms with Crippen molar-refractivity contribution in [2.45, 2.75) is 26.4 Å². The zero-order valence-electron chi connectivity index (χ0n) is 16.1. The summed E-state index contributed by atoms with van der Waals surface area (Å²) in [7, 11) is 0. The van der Waals surface area contributed by atoms with Crippen molar-refractivity contribution >= 4 is 55.5 Å². The van der Waals surface area contributed by atoms with Crippen LogP contribution in [0, 0.1) is 0 Å². The van der Waals surface area contributed by atoms with E-state index in [1.54, 1.807) is 51.4 Å². The number of carbonyl (C=O) groups excluding carboxylic acids is 2. The van der Waals surface area contributed by atoms with Crippen molar-refractivity contribution < 1.29 is 14.3 Å². The number of nitrogens with two attached hydrogens (primary N) is 1. The van der Waals surface area contributed by atoms with E-state index >= 15 is 0 Å². The normalized spacial score (nSPS) is 10.1. The topological polar surface area (TPSA) is 143 Å². The molecule has 0 aliphatic heterocycles. The van der Waals surface area contributed by atoms with Crippen LogP contribution in [-0.4, -0.2) is 34.1 Å². The van der Waals surface area contributed by atoms with Crippen LogP contribution in [0.5, 0.6) is 0 Å². The highest BCUT2D eigenvalue weighted by Gasteiger charge is 2.16. The number of nitrogen functional groups attached to an aromatic ring is 1. The first-order valence-corrected chi connectivity index (χ1v) is 9.89.